The van der Waals surface area contributed by atoms with Crippen LogP contribution in [0.1, 0.15) is 110 Å². The van der Waals surface area contributed by atoms with E-state index in [-0.39, 0.29) is 37.3 Å². The maximum Gasteiger partial charge on any atom is 0.135 e. The zero-order valence-electron chi connectivity index (χ0n) is 55.3. The summed E-state index contributed by atoms with van der Waals surface area (Å²) in [7, 11) is 0. The van der Waals surface area contributed by atoms with Gasteiger partial charge in [-0.05, 0) is 132 Å². The van der Waals surface area contributed by atoms with Crippen molar-refractivity contribution in [2.45, 2.75) is 83.9 Å². The van der Waals surface area contributed by atoms with Crippen molar-refractivity contribution in [2.24, 2.45) is 0 Å². The Labute approximate surface area is 553 Å². The number of rotatable bonds is 8. The summed E-state index contributed by atoms with van der Waals surface area (Å²) in [5.74, 6) is 1.76. The molecule has 2 aromatic heterocycles. The van der Waals surface area contributed by atoms with E-state index in [2.05, 4.69) is 264 Å². The van der Waals surface area contributed by atoms with Gasteiger partial charge in [0.15, 0.2) is 0 Å². The predicted octanol–water partition coefficient (Wildman–Crippen LogP) is 21.9. The summed E-state index contributed by atoms with van der Waals surface area (Å²) in [5.41, 5.74) is 24.3. The molecule has 1 aliphatic heterocycles. The average Bonchev–Trinajstić information content (AvgIpc) is 1.43. The van der Waals surface area contributed by atoms with Gasteiger partial charge in [-0.2, -0.15) is 12.1 Å². The Morgan fingerprint density at radius 2 is 1.05 bits per heavy atom. The molecule has 0 saturated heterocycles. The van der Waals surface area contributed by atoms with Gasteiger partial charge in [-0.25, -0.2) is 4.98 Å². The molecule has 0 fully saturated rings. The molecule has 0 amide bonds. The molecule has 0 saturated carbocycles. The molecule has 91 heavy (non-hydrogen) atoms. The zero-order valence-corrected chi connectivity index (χ0v) is 54.5. The fourth-order valence-electron chi connectivity index (χ4n) is 14.7. The van der Waals surface area contributed by atoms with Gasteiger partial charge in [0.25, 0.3) is 0 Å². The molecule has 0 unspecified atom stereocenters. The van der Waals surface area contributed by atoms with E-state index < -0.39 is 12.3 Å². The molecule has 5 nitrogen and oxygen atoms in total. The van der Waals surface area contributed by atoms with E-state index in [1.54, 1.807) is 24.4 Å². The van der Waals surface area contributed by atoms with Crippen LogP contribution in [0.2, 0.25) is 0 Å². The number of fused-ring (bicyclic) bond motifs is 13. The minimum absolute atomic E-state index is 0. The van der Waals surface area contributed by atoms with Gasteiger partial charge in [0.1, 0.15) is 5.82 Å². The van der Waals surface area contributed by atoms with E-state index >= 15 is 0 Å². The van der Waals surface area contributed by atoms with Crippen molar-refractivity contribution < 1.29 is 29.9 Å². The van der Waals surface area contributed by atoms with Crippen LogP contribution in [-0.2, 0) is 42.7 Å². The van der Waals surface area contributed by atoms with Gasteiger partial charge in [0.2, 0.25) is 0 Å². The van der Waals surface area contributed by atoms with Gasteiger partial charge < -0.3 is 19.1 Å². The maximum absolute atomic E-state index is 7.99. The van der Waals surface area contributed by atoms with Crippen LogP contribution in [0.15, 0.2) is 249 Å². The van der Waals surface area contributed by atoms with Crippen LogP contribution in [0.4, 0.5) is 22.7 Å². The minimum atomic E-state index is -2.21. The van der Waals surface area contributed by atoms with Crippen LogP contribution in [0, 0.1) is 25.7 Å². The largest absolute Gasteiger partial charge is 0.509 e. The maximum atomic E-state index is 7.99. The molecule has 3 aliphatic rings. The number of hydrogen-bond donors (Lipinski definition) is 0. The third kappa shape index (κ3) is 9.24. The molecule has 448 valence electrons. The fraction of sp³-hybridized carbons (Fsp3) is 0.153. The number of anilines is 4. The van der Waals surface area contributed by atoms with Crippen molar-refractivity contribution in [1.29, 1.82) is 0 Å². The van der Waals surface area contributed by atoms with Crippen LogP contribution in [0.3, 0.4) is 0 Å². The van der Waals surface area contributed by atoms with E-state index in [0.717, 1.165) is 77.9 Å². The van der Waals surface area contributed by atoms with Crippen LogP contribution in [0.5, 0.6) is 11.5 Å². The summed E-state index contributed by atoms with van der Waals surface area (Å²) in [6.07, 6.45) is 1.80. The molecule has 13 aromatic rings. The first-order valence-electron chi connectivity index (χ1n) is 32.7. The van der Waals surface area contributed by atoms with Gasteiger partial charge >= 0.3 is 0 Å². The summed E-state index contributed by atoms with van der Waals surface area (Å²) < 4.78 is 32.9. The first-order valence-corrected chi connectivity index (χ1v) is 31.2. The first kappa shape index (κ1) is 54.4. The molecular weight excluding hydrogens is 1290 g/mol. The van der Waals surface area contributed by atoms with Gasteiger partial charge in [-0.15, -0.1) is 48.1 Å². The van der Waals surface area contributed by atoms with Gasteiger partial charge in [0.05, 0.1) is 5.41 Å². The summed E-state index contributed by atoms with van der Waals surface area (Å²) in [5, 5.41) is 2.07. The van der Waals surface area contributed by atoms with Crippen molar-refractivity contribution >= 4 is 44.6 Å². The number of benzene rings is 11. The number of aromatic nitrogens is 2. The normalized spacial score (nSPS) is 14.8. The molecule has 16 rings (SSSR count). The number of nitrogens with zero attached hydrogens (tertiary/aromatic N) is 4. The van der Waals surface area contributed by atoms with Gasteiger partial charge in [0, 0.05) is 87.6 Å². The molecule has 6 heteroatoms. The van der Waals surface area contributed by atoms with Crippen molar-refractivity contribution in [3.05, 3.63) is 318 Å². The van der Waals surface area contributed by atoms with E-state index in [0.29, 0.717) is 22.9 Å². The number of aryl methyl sites for hydroxylation is 1. The van der Waals surface area contributed by atoms with Crippen LogP contribution in [-0.4, -0.2) is 9.55 Å². The number of para-hydroxylation sites is 4. The zero-order chi connectivity index (χ0) is 63.9. The number of hydrogen-bond acceptors (Lipinski definition) is 4. The Morgan fingerprint density at radius 1 is 0.462 bits per heavy atom. The molecule has 2 aliphatic carbocycles. The SMILES string of the molecule is [2H]C([2H])([2H])c1cccc(-c2ccc(-n3c4[c-]c(Oc5[c-]c(N6[CH-]N(c7c(-c8cc(C(C)(C)C)cc(C(C)(C)C)c8)cccc7-c7ccc8c(c7)-c7ccccc7C87c8ccccc8C(C)(C)c8ccccc87)c7ccccc76)ccc5)ccc4c4ccccc43)nc2)c1.[Pt]. The Bertz CT molecular complexity index is 5100. The first-order chi connectivity index (χ1) is 44.7. The monoisotopic (exact) mass is 1360 g/mol. The summed E-state index contributed by atoms with van der Waals surface area (Å²) in [6, 6.07) is 94.3. The van der Waals surface area contributed by atoms with E-state index in [1.807, 2.05) is 48.5 Å². The second-order valence-electron chi connectivity index (χ2n) is 27.0. The number of pyridine rings is 1. The standard InChI is InChI=1S/C85H69N4O.Pt/c1-54-23-20-24-55(45-54)57-40-44-80(86-52-57)89-76-36-17-11-28-67(76)68-42-41-63(51-79(68)89)90-62-26-21-25-61(50-62)87-53-88(78-38-19-18-37-77(78)87)81-64(29-22-30-65(81)58-46-59(82(2,3)4)49-60(47-58)83(5,6)7)56-39-43-71-69(48-56)66-27-10-12-31-70(66)85(71)74-34-15-13-32-72(74)84(8,9)73-33-14-16-35-75(73)85;/h10-49,52-53H,1-9H3;/q-3;/i1D3;. The molecule has 11 aromatic carbocycles. The third-order valence-electron chi connectivity index (χ3n) is 19.2. The van der Waals surface area contributed by atoms with Crippen molar-refractivity contribution in [3.8, 4) is 61.8 Å². The topological polar surface area (TPSA) is 33.5 Å². The quantitative estimate of drug-likeness (QED) is 0.142. The van der Waals surface area contributed by atoms with Gasteiger partial charge in [-0.3, -0.25) is 0 Å². The van der Waals surface area contributed by atoms with Crippen LogP contribution < -0.4 is 14.5 Å². The van der Waals surface area contributed by atoms with Crippen molar-refractivity contribution in [1.82, 2.24) is 9.55 Å². The summed E-state index contributed by atoms with van der Waals surface area (Å²) in [6.45, 7) is 18.7. The Hall–Kier alpha value is -9.54. The average molecular weight is 1360 g/mol. The molecular formula is C85H69N4OPt-3. The van der Waals surface area contributed by atoms with E-state index in [4.69, 9.17) is 13.8 Å². The molecule has 1 spiro atoms. The number of ether oxygens (including phenoxy) is 1. The second-order valence-corrected chi connectivity index (χ2v) is 27.0. The molecule has 0 N–H and O–H groups in total. The molecule has 0 bridgehead atoms. The van der Waals surface area contributed by atoms with Crippen molar-refractivity contribution in [3.63, 3.8) is 0 Å². The van der Waals surface area contributed by atoms with E-state index in [1.165, 1.54) is 55.6 Å². The molecule has 0 atom stereocenters. The third-order valence-corrected chi connectivity index (χ3v) is 19.2. The molecule has 0 radical (unpaired) electrons. The van der Waals surface area contributed by atoms with Gasteiger partial charge in [-0.1, -0.05) is 242 Å². The van der Waals surface area contributed by atoms with Crippen molar-refractivity contribution in [2.75, 3.05) is 9.80 Å². The fourth-order valence-corrected chi connectivity index (χ4v) is 14.7. The van der Waals surface area contributed by atoms with Crippen LogP contribution >= 0.6 is 0 Å². The smallest absolute Gasteiger partial charge is 0.135 e. The minimum Gasteiger partial charge on any atom is -0.509 e. The summed E-state index contributed by atoms with van der Waals surface area (Å²) in [4.78, 5) is 9.61. The van der Waals surface area contributed by atoms with E-state index in [9.17, 15) is 0 Å². The Balaban J connectivity index is 0.00000729. The Kier molecular flexibility index (Phi) is 12.9. The second kappa shape index (κ2) is 21.6. The van der Waals surface area contributed by atoms with Crippen LogP contribution in [0.25, 0.3) is 72.1 Å². The Morgan fingerprint density at radius 3 is 1.76 bits per heavy atom. The molecule has 3 heterocycles. The summed E-state index contributed by atoms with van der Waals surface area (Å²) >= 11 is 0. The predicted molar refractivity (Wildman–Crippen MR) is 372 cm³/mol.